The van der Waals surface area contributed by atoms with Crippen LogP contribution >= 0.6 is 0 Å². The van der Waals surface area contributed by atoms with Crippen molar-refractivity contribution < 1.29 is 19.0 Å². The maximum Gasteiger partial charge on any atom is 0.229 e. The van der Waals surface area contributed by atoms with E-state index in [4.69, 9.17) is 9.78 Å². The normalized spacial score (nSPS) is 23.6. The van der Waals surface area contributed by atoms with Gasteiger partial charge in [0.15, 0.2) is 0 Å². The SMILES string of the molecule is CCOOC[C@H]1C(=O)N([C@H](C)c2ccccc2)C[C@@H]1CF. The molecule has 0 unspecified atom stereocenters. The lowest BCUT2D eigenvalue weighted by Gasteiger charge is -2.25. The predicted molar refractivity (Wildman–Crippen MR) is 77.1 cm³/mol. The largest absolute Gasteiger partial charge is 0.335 e. The van der Waals surface area contributed by atoms with Gasteiger partial charge in [-0.3, -0.25) is 9.18 Å². The Morgan fingerprint density at radius 3 is 2.67 bits per heavy atom. The molecule has 0 N–H and O–H groups in total. The van der Waals surface area contributed by atoms with Crippen molar-refractivity contribution in [2.24, 2.45) is 11.8 Å². The van der Waals surface area contributed by atoms with Gasteiger partial charge in [0.05, 0.1) is 31.8 Å². The lowest BCUT2D eigenvalue weighted by Crippen LogP contribution is -2.31. The van der Waals surface area contributed by atoms with Gasteiger partial charge in [-0.2, -0.15) is 0 Å². The molecule has 1 saturated heterocycles. The van der Waals surface area contributed by atoms with Crippen LogP contribution in [0.1, 0.15) is 25.5 Å². The quantitative estimate of drug-likeness (QED) is 0.441. The third-order valence-electron chi connectivity index (χ3n) is 4.00. The van der Waals surface area contributed by atoms with E-state index in [9.17, 15) is 9.18 Å². The van der Waals surface area contributed by atoms with E-state index < -0.39 is 12.6 Å². The minimum atomic E-state index is -0.524. The maximum absolute atomic E-state index is 13.2. The van der Waals surface area contributed by atoms with Gasteiger partial charge < -0.3 is 4.90 Å². The van der Waals surface area contributed by atoms with E-state index in [1.807, 2.05) is 37.3 Å². The summed E-state index contributed by atoms with van der Waals surface area (Å²) < 4.78 is 13.2. The zero-order chi connectivity index (χ0) is 15.2. The molecule has 1 aliphatic rings. The number of carbonyl (C=O) groups is 1. The van der Waals surface area contributed by atoms with Gasteiger partial charge in [0.2, 0.25) is 5.91 Å². The molecule has 0 radical (unpaired) electrons. The Kier molecular flexibility index (Phi) is 5.70. The van der Waals surface area contributed by atoms with Crippen molar-refractivity contribution in [3.63, 3.8) is 0 Å². The molecule has 1 amide bonds. The number of likely N-dealkylation sites (tertiary alicyclic amines) is 1. The van der Waals surface area contributed by atoms with Crippen LogP contribution in [0.2, 0.25) is 0 Å². The second-order valence-corrected chi connectivity index (χ2v) is 5.29. The molecular weight excluding hydrogens is 273 g/mol. The summed E-state index contributed by atoms with van der Waals surface area (Å²) in [5, 5.41) is 0. The number of benzene rings is 1. The van der Waals surface area contributed by atoms with Crippen LogP contribution in [0.25, 0.3) is 0 Å². The molecule has 116 valence electrons. The summed E-state index contributed by atoms with van der Waals surface area (Å²) >= 11 is 0. The molecule has 0 spiro atoms. The fourth-order valence-electron chi connectivity index (χ4n) is 2.71. The lowest BCUT2D eigenvalue weighted by atomic mass is 9.98. The molecule has 0 bridgehead atoms. The molecule has 1 fully saturated rings. The van der Waals surface area contributed by atoms with Crippen LogP contribution in [-0.2, 0) is 14.6 Å². The summed E-state index contributed by atoms with van der Waals surface area (Å²) in [6.07, 6.45) is 0. The van der Waals surface area contributed by atoms with Gasteiger partial charge in [-0.05, 0) is 19.4 Å². The monoisotopic (exact) mass is 295 g/mol. The standard InChI is InChI=1S/C16H22FNO3/c1-3-20-21-11-15-14(9-17)10-18(16(15)19)12(2)13-7-5-4-6-8-13/h4-8,12,14-15H,3,9-11H2,1-2H3/t12-,14+,15-/m1/s1. The predicted octanol–water partition coefficient (Wildman–Crippen LogP) is 2.76. The lowest BCUT2D eigenvalue weighted by molar-refractivity contribution is -0.297. The first-order valence-corrected chi connectivity index (χ1v) is 7.34. The van der Waals surface area contributed by atoms with Gasteiger partial charge in [-0.1, -0.05) is 30.3 Å². The Morgan fingerprint density at radius 2 is 2.05 bits per heavy atom. The van der Waals surface area contributed by atoms with E-state index in [2.05, 4.69) is 0 Å². The van der Waals surface area contributed by atoms with Crippen LogP contribution in [0.3, 0.4) is 0 Å². The molecule has 2 rings (SSSR count). The number of amides is 1. The highest BCUT2D eigenvalue weighted by Crippen LogP contribution is 2.32. The third-order valence-corrected chi connectivity index (χ3v) is 4.00. The molecule has 0 aliphatic carbocycles. The number of halogens is 1. The first-order valence-electron chi connectivity index (χ1n) is 7.34. The van der Waals surface area contributed by atoms with Crippen molar-refractivity contribution in [1.82, 2.24) is 4.90 Å². The second-order valence-electron chi connectivity index (χ2n) is 5.29. The highest BCUT2D eigenvalue weighted by Gasteiger charge is 2.42. The summed E-state index contributed by atoms with van der Waals surface area (Å²) in [6.45, 7) is 4.18. The van der Waals surface area contributed by atoms with E-state index in [0.717, 1.165) is 5.56 Å². The van der Waals surface area contributed by atoms with Crippen LogP contribution in [0.15, 0.2) is 30.3 Å². The van der Waals surface area contributed by atoms with Gasteiger partial charge in [-0.25, -0.2) is 9.78 Å². The zero-order valence-electron chi connectivity index (χ0n) is 12.5. The summed E-state index contributed by atoms with van der Waals surface area (Å²) in [7, 11) is 0. The summed E-state index contributed by atoms with van der Waals surface area (Å²) in [6, 6.07) is 9.71. The van der Waals surface area contributed by atoms with E-state index in [1.165, 1.54) is 0 Å². The number of nitrogens with zero attached hydrogens (tertiary/aromatic N) is 1. The minimum Gasteiger partial charge on any atom is -0.335 e. The average molecular weight is 295 g/mol. The van der Waals surface area contributed by atoms with Crippen molar-refractivity contribution in [1.29, 1.82) is 0 Å². The Bertz CT molecular complexity index is 454. The van der Waals surface area contributed by atoms with Gasteiger partial charge in [0.1, 0.15) is 0 Å². The van der Waals surface area contributed by atoms with E-state index in [-0.39, 0.29) is 24.5 Å². The van der Waals surface area contributed by atoms with E-state index in [1.54, 1.807) is 11.8 Å². The number of hydrogen-bond acceptors (Lipinski definition) is 3. The highest BCUT2D eigenvalue weighted by molar-refractivity contribution is 5.82. The Balaban J connectivity index is 2.06. The molecule has 1 aromatic carbocycles. The zero-order valence-corrected chi connectivity index (χ0v) is 12.5. The van der Waals surface area contributed by atoms with Crippen molar-refractivity contribution in [2.45, 2.75) is 19.9 Å². The maximum atomic E-state index is 13.2. The van der Waals surface area contributed by atoms with Crippen LogP contribution in [0.5, 0.6) is 0 Å². The molecule has 21 heavy (non-hydrogen) atoms. The van der Waals surface area contributed by atoms with Crippen LogP contribution in [-0.4, -0.2) is 37.2 Å². The number of rotatable bonds is 7. The minimum absolute atomic E-state index is 0.0614. The molecule has 1 aliphatic heterocycles. The molecule has 3 atom stereocenters. The van der Waals surface area contributed by atoms with Crippen LogP contribution in [0.4, 0.5) is 4.39 Å². The molecular formula is C16H22FNO3. The average Bonchev–Trinajstić information content (AvgIpc) is 2.84. The third kappa shape index (κ3) is 3.60. The summed E-state index contributed by atoms with van der Waals surface area (Å²) in [4.78, 5) is 24.1. The van der Waals surface area contributed by atoms with Crippen molar-refractivity contribution in [3.05, 3.63) is 35.9 Å². The number of alkyl halides is 1. The van der Waals surface area contributed by atoms with Gasteiger partial charge in [0, 0.05) is 12.5 Å². The topological polar surface area (TPSA) is 38.8 Å². The highest BCUT2D eigenvalue weighted by atomic mass is 19.1. The molecule has 0 saturated carbocycles. The molecule has 1 aromatic rings. The fourth-order valence-corrected chi connectivity index (χ4v) is 2.71. The second kappa shape index (κ2) is 7.52. The Labute approximate surface area is 124 Å². The summed E-state index contributed by atoms with van der Waals surface area (Å²) in [5.41, 5.74) is 1.05. The van der Waals surface area contributed by atoms with Crippen LogP contribution in [0, 0.1) is 11.8 Å². The molecule has 0 aromatic heterocycles. The van der Waals surface area contributed by atoms with Crippen LogP contribution < -0.4 is 0 Å². The van der Waals surface area contributed by atoms with Gasteiger partial charge in [-0.15, -0.1) is 0 Å². The molecule has 1 heterocycles. The first-order chi connectivity index (χ1) is 10.2. The Morgan fingerprint density at radius 1 is 1.33 bits per heavy atom. The summed E-state index contributed by atoms with van der Waals surface area (Å²) in [5.74, 6) is -0.856. The number of hydrogen-bond donors (Lipinski definition) is 0. The smallest absolute Gasteiger partial charge is 0.229 e. The fraction of sp³-hybridized carbons (Fsp3) is 0.562. The van der Waals surface area contributed by atoms with E-state index in [0.29, 0.717) is 13.2 Å². The van der Waals surface area contributed by atoms with Crippen molar-refractivity contribution >= 4 is 5.91 Å². The first kappa shape index (κ1) is 15.9. The van der Waals surface area contributed by atoms with Crippen molar-refractivity contribution in [2.75, 3.05) is 26.4 Å². The molecule has 4 nitrogen and oxygen atoms in total. The Hall–Kier alpha value is -1.46. The van der Waals surface area contributed by atoms with Gasteiger partial charge >= 0.3 is 0 Å². The van der Waals surface area contributed by atoms with Gasteiger partial charge in [0.25, 0.3) is 0 Å². The van der Waals surface area contributed by atoms with E-state index >= 15 is 0 Å². The number of carbonyl (C=O) groups excluding carboxylic acids is 1. The molecule has 5 heteroatoms. The van der Waals surface area contributed by atoms with Crippen molar-refractivity contribution in [3.8, 4) is 0 Å².